The highest BCUT2D eigenvalue weighted by Crippen LogP contribution is 2.19. The van der Waals surface area contributed by atoms with Crippen LogP contribution in [0.15, 0.2) is 18.2 Å². The standard InChI is InChI=1S/C16H24F2N2/c1-3-19(12-14-6-5-9-20(14)4-2)11-13-7-8-15(17)16(18)10-13/h7-8,10,14H,3-6,9,11-12H2,1-2H3. The van der Waals surface area contributed by atoms with E-state index in [9.17, 15) is 8.78 Å². The monoisotopic (exact) mass is 282 g/mol. The Morgan fingerprint density at radius 2 is 2.05 bits per heavy atom. The first-order valence-corrected chi connectivity index (χ1v) is 7.54. The molecule has 112 valence electrons. The average molecular weight is 282 g/mol. The second-order valence-corrected chi connectivity index (χ2v) is 5.50. The van der Waals surface area contributed by atoms with E-state index in [0.717, 1.165) is 25.2 Å². The molecule has 0 saturated carbocycles. The van der Waals surface area contributed by atoms with Crippen molar-refractivity contribution in [1.29, 1.82) is 0 Å². The third kappa shape index (κ3) is 3.76. The summed E-state index contributed by atoms with van der Waals surface area (Å²) in [6, 6.07) is 4.80. The summed E-state index contributed by atoms with van der Waals surface area (Å²) in [4.78, 5) is 4.82. The Labute approximate surface area is 120 Å². The Morgan fingerprint density at radius 1 is 1.25 bits per heavy atom. The van der Waals surface area contributed by atoms with E-state index < -0.39 is 11.6 Å². The topological polar surface area (TPSA) is 6.48 Å². The van der Waals surface area contributed by atoms with Crippen LogP contribution >= 0.6 is 0 Å². The Balaban J connectivity index is 1.96. The van der Waals surface area contributed by atoms with Gasteiger partial charge in [0.25, 0.3) is 0 Å². The SMILES string of the molecule is CCN(Cc1ccc(F)c(F)c1)CC1CCCN1CC. The molecule has 1 aromatic carbocycles. The van der Waals surface area contributed by atoms with E-state index in [2.05, 4.69) is 23.6 Å². The highest BCUT2D eigenvalue weighted by molar-refractivity contribution is 5.17. The number of hydrogen-bond donors (Lipinski definition) is 0. The molecule has 0 radical (unpaired) electrons. The van der Waals surface area contributed by atoms with Gasteiger partial charge in [-0.2, -0.15) is 0 Å². The quantitative estimate of drug-likeness (QED) is 0.790. The summed E-state index contributed by atoms with van der Waals surface area (Å²) >= 11 is 0. The van der Waals surface area contributed by atoms with Crippen molar-refractivity contribution in [2.24, 2.45) is 0 Å². The lowest BCUT2D eigenvalue weighted by molar-refractivity contribution is 0.177. The van der Waals surface area contributed by atoms with Gasteiger partial charge >= 0.3 is 0 Å². The van der Waals surface area contributed by atoms with Crippen LogP contribution in [-0.2, 0) is 6.54 Å². The zero-order chi connectivity index (χ0) is 14.5. The Kier molecular flexibility index (Phi) is 5.49. The molecule has 2 rings (SSSR count). The van der Waals surface area contributed by atoms with Crippen LogP contribution in [0.3, 0.4) is 0 Å². The van der Waals surface area contributed by atoms with Crippen molar-refractivity contribution < 1.29 is 8.78 Å². The maximum absolute atomic E-state index is 13.3. The third-order valence-corrected chi connectivity index (χ3v) is 4.21. The molecule has 1 unspecified atom stereocenters. The number of likely N-dealkylation sites (tertiary alicyclic amines) is 1. The zero-order valence-electron chi connectivity index (χ0n) is 12.4. The van der Waals surface area contributed by atoms with Gasteiger partial charge in [-0.05, 0) is 50.2 Å². The molecule has 0 amide bonds. The van der Waals surface area contributed by atoms with Crippen molar-refractivity contribution in [3.05, 3.63) is 35.4 Å². The van der Waals surface area contributed by atoms with Crippen LogP contribution in [-0.4, -0.2) is 42.0 Å². The van der Waals surface area contributed by atoms with Crippen LogP contribution in [0, 0.1) is 11.6 Å². The first-order chi connectivity index (χ1) is 9.63. The lowest BCUT2D eigenvalue weighted by atomic mass is 10.1. The maximum Gasteiger partial charge on any atom is 0.159 e. The molecule has 1 aromatic rings. The fourth-order valence-electron chi connectivity index (χ4n) is 3.02. The number of hydrogen-bond acceptors (Lipinski definition) is 2. The van der Waals surface area contributed by atoms with Crippen LogP contribution in [0.2, 0.25) is 0 Å². The molecule has 4 heteroatoms. The van der Waals surface area contributed by atoms with E-state index in [1.54, 1.807) is 6.07 Å². The Morgan fingerprint density at radius 3 is 2.70 bits per heavy atom. The summed E-state index contributed by atoms with van der Waals surface area (Å²) in [6.07, 6.45) is 2.50. The van der Waals surface area contributed by atoms with Crippen molar-refractivity contribution in [3.8, 4) is 0 Å². The minimum Gasteiger partial charge on any atom is -0.299 e. The summed E-state index contributed by atoms with van der Waals surface area (Å²) in [5, 5.41) is 0. The van der Waals surface area contributed by atoms with E-state index in [4.69, 9.17) is 0 Å². The number of halogens is 2. The van der Waals surface area contributed by atoms with Gasteiger partial charge in [-0.15, -0.1) is 0 Å². The molecule has 0 aliphatic carbocycles. The number of nitrogens with zero attached hydrogens (tertiary/aromatic N) is 2. The summed E-state index contributed by atoms with van der Waals surface area (Å²) in [7, 11) is 0. The minimum atomic E-state index is -0.773. The maximum atomic E-state index is 13.3. The molecule has 1 aliphatic rings. The minimum absolute atomic E-state index is 0.602. The van der Waals surface area contributed by atoms with Gasteiger partial charge in [0.15, 0.2) is 11.6 Å². The van der Waals surface area contributed by atoms with Gasteiger partial charge in [0.1, 0.15) is 0 Å². The van der Waals surface area contributed by atoms with E-state index >= 15 is 0 Å². The molecule has 1 fully saturated rings. The smallest absolute Gasteiger partial charge is 0.159 e. The predicted molar refractivity (Wildman–Crippen MR) is 77.6 cm³/mol. The van der Waals surface area contributed by atoms with Crippen LogP contribution in [0.25, 0.3) is 0 Å². The van der Waals surface area contributed by atoms with Crippen LogP contribution < -0.4 is 0 Å². The van der Waals surface area contributed by atoms with Crippen LogP contribution in [0.1, 0.15) is 32.3 Å². The van der Waals surface area contributed by atoms with E-state index in [1.807, 2.05) is 0 Å². The fraction of sp³-hybridized carbons (Fsp3) is 0.625. The van der Waals surface area contributed by atoms with Crippen LogP contribution in [0.5, 0.6) is 0 Å². The van der Waals surface area contributed by atoms with Gasteiger partial charge in [0.05, 0.1) is 0 Å². The second-order valence-electron chi connectivity index (χ2n) is 5.50. The van der Waals surface area contributed by atoms with E-state index in [-0.39, 0.29) is 0 Å². The van der Waals surface area contributed by atoms with Crippen LogP contribution in [0.4, 0.5) is 8.78 Å². The highest BCUT2D eigenvalue weighted by Gasteiger charge is 2.24. The van der Waals surface area contributed by atoms with Crippen molar-refractivity contribution in [1.82, 2.24) is 9.80 Å². The first kappa shape index (κ1) is 15.4. The summed E-state index contributed by atoms with van der Waals surface area (Å²) in [6.45, 7) is 9.20. The van der Waals surface area contributed by atoms with Gasteiger partial charge in [0.2, 0.25) is 0 Å². The van der Waals surface area contributed by atoms with Gasteiger partial charge < -0.3 is 0 Å². The zero-order valence-corrected chi connectivity index (χ0v) is 12.4. The Hall–Kier alpha value is -1.00. The molecule has 1 aliphatic heterocycles. The number of benzene rings is 1. The molecule has 2 nitrogen and oxygen atoms in total. The molecule has 1 saturated heterocycles. The lowest BCUT2D eigenvalue weighted by Crippen LogP contribution is -2.40. The normalized spacial score (nSPS) is 19.9. The Bertz CT molecular complexity index is 436. The highest BCUT2D eigenvalue weighted by atomic mass is 19.2. The number of likely N-dealkylation sites (N-methyl/N-ethyl adjacent to an activating group) is 2. The van der Waals surface area contributed by atoms with Crippen molar-refractivity contribution in [2.45, 2.75) is 39.3 Å². The molecule has 0 aromatic heterocycles. The van der Waals surface area contributed by atoms with Gasteiger partial charge in [0, 0.05) is 19.1 Å². The molecule has 1 heterocycles. The molecule has 0 bridgehead atoms. The van der Waals surface area contributed by atoms with Gasteiger partial charge in [-0.1, -0.05) is 19.9 Å². The van der Waals surface area contributed by atoms with Gasteiger partial charge in [-0.25, -0.2) is 8.78 Å². The summed E-state index contributed by atoms with van der Waals surface area (Å²) in [5.74, 6) is -1.53. The first-order valence-electron chi connectivity index (χ1n) is 7.54. The summed E-state index contributed by atoms with van der Waals surface area (Å²) in [5.41, 5.74) is 0.840. The average Bonchev–Trinajstić information content (AvgIpc) is 2.89. The largest absolute Gasteiger partial charge is 0.299 e. The molecule has 20 heavy (non-hydrogen) atoms. The van der Waals surface area contributed by atoms with Crippen molar-refractivity contribution >= 4 is 0 Å². The number of rotatable bonds is 6. The predicted octanol–water partition coefficient (Wildman–Crippen LogP) is 3.27. The molecule has 1 atom stereocenters. The van der Waals surface area contributed by atoms with Crippen molar-refractivity contribution in [3.63, 3.8) is 0 Å². The molecule has 0 spiro atoms. The van der Waals surface area contributed by atoms with E-state index in [0.29, 0.717) is 12.6 Å². The van der Waals surface area contributed by atoms with Crippen molar-refractivity contribution in [2.75, 3.05) is 26.2 Å². The van der Waals surface area contributed by atoms with E-state index in [1.165, 1.54) is 31.5 Å². The summed E-state index contributed by atoms with van der Waals surface area (Å²) < 4.78 is 26.2. The third-order valence-electron chi connectivity index (χ3n) is 4.21. The second kappa shape index (κ2) is 7.14. The molecular weight excluding hydrogens is 258 g/mol. The molecular formula is C16H24F2N2. The van der Waals surface area contributed by atoms with Gasteiger partial charge in [-0.3, -0.25) is 9.80 Å². The molecule has 0 N–H and O–H groups in total. The fourth-order valence-corrected chi connectivity index (χ4v) is 3.02. The lowest BCUT2D eigenvalue weighted by Gasteiger charge is -2.29.